The molecule has 2 heterocycles. The van der Waals surface area contributed by atoms with Crippen molar-refractivity contribution in [1.82, 2.24) is 19.9 Å². The molecule has 4 rings (SSSR count). The Balaban J connectivity index is 1.52. The van der Waals surface area contributed by atoms with E-state index in [0.717, 1.165) is 16.9 Å². The third-order valence-electron chi connectivity index (χ3n) is 4.69. The van der Waals surface area contributed by atoms with Crippen LogP contribution in [0.15, 0.2) is 79.1 Å². The number of benzene rings is 2. The molecule has 0 saturated heterocycles. The molecular formula is C23H20N4O2. The number of pyridine rings is 1. The van der Waals surface area contributed by atoms with Gasteiger partial charge in [-0.1, -0.05) is 42.5 Å². The Morgan fingerprint density at radius 2 is 1.66 bits per heavy atom. The molecule has 0 radical (unpaired) electrons. The third-order valence-corrected chi connectivity index (χ3v) is 4.69. The highest BCUT2D eigenvalue weighted by Gasteiger charge is 2.15. The zero-order valence-corrected chi connectivity index (χ0v) is 15.8. The Morgan fingerprint density at radius 3 is 2.45 bits per heavy atom. The number of Topliss-reactive ketones (excluding diaryl/α,β-unsaturated/α-hetero) is 1. The summed E-state index contributed by atoms with van der Waals surface area (Å²) in [5.41, 5.74) is 2.92. The van der Waals surface area contributed by atoms with Crippen LogP contribution in [0.2, 0.25) is 0 Å². The van der Waals surface area contributed by atoms with Gasteiger partial charge in [-0.15, -0.1) is 0 Å². The van der Waals surface area contributed by atoms with E-state index >= 15 is 0 Å². The molecule has 1 N–H and O–H groups in total. The average molecular weight is 384 g/mol. The van der Waals surface area contributed by atoms with Crippen LogP contribution in [-0.2, 0) is 13.0 Å². The topological polar surface area (TPSA) is 76.9 Å². The molecule has 6 heteroatoms. The van der Waals surface area contributed by atoms with Gasteiger partial charge in [-0.05, 0) is 24.3 Å². The summed E-state index contributed by atoms with van der Waals surface area (Å²) in [4.78, 5) is 33.6. The van der Waals surface area contributed by atoms with E-state index in [1.165, 1.54) is 6.20 Å². The number of carbonyl (C=O) groups excluding carboxylic acids is 2. The van der Waals surface area contributed by atoms with Crippen molar-refractivity contribution in [2.75, 3.05) is 6.54 Å². The lowest BCUT2D eigenvalue weighted by Gasteiger charge is -2.10. The van der Waals surface area contributed by atoms with Gasteiger partial charge in [-0.3, -0.25) is 14.6 Å². The van der Waals surface area contributed by atoms with Crippen LogP contribution >= 0.6 is 0 Å². The SMILES string of the molecule is O=C(Cn1c(CCNC(=O)c2cccnc2)nc2ccccc21)c1ccccc1. The molecule has 4 aromatic rings. The Morgan fingerprint density at radius 1 is 0.897 bits per heavy atom. The highest BCUT2D eigenvalue weighted by atomic mass is 16.1. The van der Waals surface area contributed by atoms with Crippen molar-refractivity contribution in [3.8, 4) is 0 Å². The van der Waals surface area contributed by atoms with Crippen LogP contribution in [0.5, 0.6) is 0 Å². The maximum Gasteiger partial charge on any atom is 0.252 e. The monoisotopic (exact) mass is 384 g/mol. The molecule has 144 valence electrons. The average Bonchev–Trinajstić information content (AvgIpc) is 3.12. The first-order valence-corrected chi connectivity index (χ1v) is 9.43. The molecule has 0 saturated carbocycles. The number of amides is 1. The predicted octanol–water partition coefficient (Wildman–Crippen LogP) is 3.29. The second-order valence-electron chi connectivity index (χ2n) is 6.64. The molecule has 0 aliphatic heterocycles. The second kappa shape index (κ2) is 8.48. The van der Waals surface area contributed by atoms with Gasteiger partial charge in [0.15, 0.2) is 5.78 Å². The molecule has 0 fully saturated rings. The normalized spacial score (nSPS) is 10.8. The van der Waals surface area contributed by atoms with Crippen molar-refractivity contribution in [3.05, 3.63) is 96.1 Å². The number of para-hydroxylation sites is 2. The Kier molecular flexibility index (Phi) is 5.42. The van der Waals surface area contributed by atoms with Gasteiger partial charge in [0.25, 0.3) is 5.91 Å². The zero-order valence-electron chi connectivity index (χ0n) is 15.8. The minimum absolute atomic E-state index is 0.0226. The highest BCUT2D eigenvalue weighted by Crippen LogP contribution is 2.17. The Hall–Kier alpha value is -3.80. The minimum Gasteiger partial charge on any atom is -0.352 e. The molecule has 0 aliphatic rings. The summed E-state index contributed by atoms with van der Waals surface area (Å²) in [5.74, 6) is 0.609. The van der Waals surface area contributed by atoms with Gasteiger partial charge in [0, 0.05) is 30.9 Å². The third kappa shape index (κ3) is 4.21. The number of rotatable bonds is 7. The van der Waals surface area contributed by atoms with Crippen molar-refractivity contribution >= 4 is 22.7 Å². The molecular weight excluding hydrogens is 364 g/mol. The van der Waals surface area contributed by atoms with Crippen molar-refractivity contribution in [2.45, 2.75) is 13.0 Å². The summed E-state index contributed by atoms with van der Waals surface area (Å²) >= 11 is 0. The molecule has 0 aliphatic carbocycles. The number of ketones is 1. The lowest BCUT2D eigenvalue weighted by Crippen LogP contribution is -2.27. The molecule has 0 spiro atoms. The number of nitrogens with zero attached hydrogens (tertiary/aromatic N) is 3. The van der Waals surface area contributed by atoms with Crippen molar-refractivity contribution in [2.24, 2.45) is 0 Å². The molecule has 0 unspecified atom stereocenters. The van der Waals surface area contributed by atoms with E-state index in [4.69, 9.17) is 0 Å². The van der Waals surface area contributed by atoms with E-state index in [9.17, 15) is 9.59 Å². The maximum atomic E-state index is 12.7. The van der Waals surface area contributed by atoms with Crippen LogP contribution in [0.4, 0.5) is 0 Å². The Labute approximate surface area is 168 Å². The fourth-order valence-electron chi connectivity index (χ4n) is 3.24. The predicted molar refractivity (Wildman–Crippen MR) is 111 cm³/mol. The molecule has 29 heavy (non-hydrogen) atoms. The second-order valence-corrected chi connectivity index (χ2v) is 6.64. The van der Waals surface area contributed by atoms with Crippen LogP contribution in [0, 0.1) is 0 Å². The van der Waals surface area contributed by atoms with Gasteiger partial charge in [-0.25, -0.2) is 4.98 Å². The number of hydrogen-bond acceptors (Lipinski definition) is 4. The van der Waals surface area contributed by atoms with Gasteiger partial charge >= 0.3 is 0 Å². The summed E-state index contributed by atoms with van der Waals surface area (Å²) in [6, 6.07) is 20.4. The van der Waals surface area contributed by atoms with Gasteiger partial charge in [0.05, 0.1) is 23.1 Å². The summed E-state index contributed by atoms with van der Waals surface area (Å²) in [7, 11) is 0. The van der Waals surface area contributed by atoms with E-state index in [1.54, 1.807) is 18.3 Å². The number of imidazole rings is 1. The summed E-state index contributed by atoms with van der Waals surface area (Å²) < 4.78 is 1.93. The van der Waals surface area contributed by atoms with Crippen LogP contribution < -0.4 is 5.32 Å². The number of hydrogen-bond donors (Lipinski definition) is 1. The van der Waals surface area contributed by atoms with Crippen LogP contribution in [0.3, 0.4) is 0 Å². The van der Waals surface area contributed by atoms with Gasteiger partial charge in [0.2, 0.25) is 0 Å². The fourth-order valence-corrected chi connectivity index (χ4v) is 3.24. The van der Waals surface area contributed by atoms with Gasteiger partial charge < -0.3 is 9.88 Å². The summed E-state index contributed by atoms with van der Waals surface area (Å²) in [6.45, 7) is 0.618. The smallest absolute Gasteiger partial charge is 0.252 e. The van der Waals surface area contributed by atoms with Crippen molar-refractivity contribution in [1.29, 1.82) is 0 Å². The quantitative estimate of drug-likeness (QED) is 0.496. The van der Waals surface area contributed by atoms with Gasteiger partial charge in [0.1, 0.15) is 5.82 Å². The van der Waals surface area contributed by atoms with E-state index in [1.807, 2.05) is 59.2 Å². The molecule has 6 nitrogen and oxygen atoms in total. The maximum absolute atomic E-state index is 12.7. The van der Waals surface area contributed by atoms with Crippen LogP contribution in [0.25, 0.3) is 11.0 Å². The first-order valence-electron chi connectivity index (χ1n) is 9.43. The number of carbonyl (C=O) groups is 2. The first-order chi connectivity index (χ1) is 14.2. The van der Waals surface area contributed by atoms with Gasteiger partial charge in [-0.2, -0.15) is 0 Å². The molecule has 0 bridgehead atoms. The number of fused-ring (bicyclic) bond motifs is 1. The highest BCUT2D eigenvalue weighted by molar-refractivity contribution is 5.96. The van der Waals surface area contributed by atoms with Crippen molar-refractivity contribution in [3.63, 3.8) is 0 Å². The van der Waals surface area contributed by atoms with Crippen LogP contribution in [-0.4, -0.2) is 32.8 Å². The van der Waals surface area contributed by atoms with E-state index < -0.39 is 0 Å². The largest absolute Gasteiger partial charge is 0.352 e. The standard InChI is InChI=1S/C23H20N4O2/c28-21(17-7-2-1-3-8-17)16-27-20-11-5-4-10-19(20)26-22(27)12-14-25-23(29)18-9-6-13-24-15-18/h1-11,13,15H,12,14,16H2,(H,25,29). The molecule has 1 amide bonds. The first kappa shape index (κ1) is 18.6. The van der Waals surface area contributed by atoms with Crippen molar-refractivity contribution < 1.29 is 9.59 Å². The van der Waals surface area contributed by atoms with E-state index in [0.29, 0.717) is 24.1 Å². The fraction of sp³-hybridized carbons (Fsp3) is 0.130. The zero-order chi connectivity index (χ0) is 20.1. The number of nitrogens with one attached hydrogen (secondary N) is 1. The summed E-state index contributed by atoms with van der Waals surface area (Å²) in [6.07, 6.45) is 3.68. The number of aromatic nitrogens is 3. The molecule has 2 aromatic heterocycles. The van der Waals surface area contributed by atoms with E-state index in [2.05, 4.69) is 15.3 Å². The molecule has 2 aromatic carbocycles. The lowest BCUT2D eigenvalue weighted by molar-refractivity contribution is 0.0948. The molecule has 0 atom stereocenters. The Bertz CT molecular complexity index is 1140. The lowest BCUT2D eigenvalue weighted by atomic mass is 10.1. The summed E-state index contributed by atoms with van der Waals surface area (Å²) in [5, 5.41) is 2.89. The minimum atomic E-state index is -0.180. The van der Waals surface area contributed by atoms with Crippen LogP contribution in [0.1, 0.15) is 26.5 Å². The van der Waals surface area contributed by atoms with E-state index in [-0.39, 0.29) is 18.2 Å².